The Morgan fingerprint density at radius 3 is 2.52 bits per heavy atom. The van der Waals surface area contributed by atoms with Crippen molar-refractivity contribution in [3.05, 3.63) is 34.3 Å². The first-order valence-corrected chi connectivity index (χ1v) is 7.81. The number of aliphatic carboxylic acids is 1. The van der Waals surface area contributed by atoms with Crippen LogP contribution in [0.4, 0.5) is 4.79 Å². The summed E-state index contributed by atoms with van der Waals surface area (Å²) in [5, 5.41) is 11.9. The second-order valence-electron chi connectivity index (χ2n) is 5.29. The summed E-state index contributed by atoms with van der Waals surface area (Å²) < 4.78 is 0.961. The van der Waals surface area contributed by atoms with Gasteiger partial charge in [-0.1, -0.05) is 34.1 Å². The molecule has 21 heavy (non-hydrogen) atoms. The monoisotopic (exact) mass is 354 g/mol. The minimum Gasteiger partial charge on any atom is -0.481 e. The molecular formula is C15H19BrN2O3. The number of amides is 2. The molecule has 6 heteroatoms. The minimum absolute atomic E-state index is 0.106. The number of carbonyl (C=O) groups is 2. The third-order valence-electron chi connectivity index (χ3n) is 3.84. The maximum absolute atomic E-state index is 12.2. The molecule has 1 aromatic rings. The van der Waals surface area contributed by atoms with Gasteiger partial charge in [-0.05, 0) is 31.4 Å². The van der Waals surface area contributed by atoms with Gasteiger partial charge in [-0.15, -0.1) is 0 Å². The van der Waals surface area contributed by atoms with Crippen molar-refractivity contribution >= 4 is 27.9 Å². The van der Waals surface area contributed by atoms with Gasteiger partial charge in [0.2, 0.25) is 0 Å². The quantitative estimate of drug-likeness (QED) is 0.876. The Hall–Kier alpha value is -1.56. The van der Waals surface area contributed by atoms with Crippen molar-refractivity contribution in [2.45, 2.75) is 25.8 Å². The maximum atomic E-state index is 12.2. The van der Waals surface area contributed by atoms with Crippen LogP contribution in [-0.2, 0) is 4.79 Å². The van der Waals surface area contributed by atoms with Gasteiger partial charge in [0, 0.05) is 17.6 Å². The highest BCUT2D eigenvalue weighted by Crippen LogP contribution is 2.23. The minimum atomic E-state index is -0.767. The molecule has 114 valence electrons. The lowest BCUT2D eigenvalue weighted by molar-refractivity contribution is -0.143. The first-order valence-electron chi connectivity index (χ1n) is 7.01. The Bertz CT molecular complexity index is 527. The van der Waals surface area contributed by atoms with E-state index in [0.29, 0.717) is 25.9 Å². The summed E-state index contributed by atoms with van der Waals surface area (Å²) in [4.78, 5) is 24.8. The Labute approximate surface area is 132 Å². The zero-order valence-electron chi connectivity index (χ0n) is 11.9. The van der Waals surface area contributed by atoms with Crippen molar-refractivity contribution in [3.8, 4) is 0 Å². The molecule has 2 amide bonds. The van der Waals surface area contributed by atoms with E-state index in [1.807, 2.05) is 31.2 Å². The largest absolute Gasteiger partial charge is 0.481 e. The van der Waals surface area contributed by atoms with E-state index in [1.165, 1.54) is 0 Å². The molecule has 1 fully saturated rings. The molecule has 1 aliphatic rings. The molecule has 2 N–H and O–H groups in total. The van der Waals surface area contributed by atoms with Gasteiger partial charge < -0.3 is 15.3 Å². The molecule has 0 aromatic heterocycles. The SMILES string of the molecule is CC(NC(=O)N1CCC(C(=O)O)CC1)c1ccccc1Br. The summed E-state index contributed by atoms with van der Waals surface area (Å²) in [5.74, 6) is -1.09. The molecule has 1 aromatic carbocycles. The lowest BCUT2D eigenvalue weighted by atomic mass is 9.97. The molecule has 1 atom stereocenters. The molecule has 0 spiro atoms. The summed E-state index contributed by atoms with van der Waals surface area (Å²) in [6, 6.07) is 7.52. The molecule has 0 saturated carbocycles. The number of nitrogens with one attached hydrogen (secondary N) is 1. The summed E-state index contributed by atoms with van der Waals surface area (Å²) in [6.07, 6.45) is 1.04. The molecule has 2 rings (SSSR count). The lowest BCUT2D eigenvalue weighted by Gasteiger charge is -2.31. The van der Waals surface area contributed by atoms with E-state index in [4.69, 9.17) is 5.11 Å². The molecule has 1 saturated heterocycles. The number of hydrogen-bond acceptors (Lipinski definition) is 2. The predicted octanol–water partition coefficient (Wildman–Crippen LogP) is 3.02. The predicted molar refractivity (Wildman–Crippen MR) is 83.0 cm³/mol. The Morgan fingerprint density at radius 2 is 1.95 bits per heavy atom. The second-order valence-corrected chi connectivity index (χ2v) is 6.15. The number of piperidine rings is 1. The number of nitrogens with zero attached hydrogens (tertiary/aromatic N) is 1. The van der Waals surface area contributed by atoms with Crippen LogP contribution in [0.2, 0.25) is 0 Å². The van der Waals surface area contributed by atoms with Gasteiger partial charge in [0.25, 0.3) is 0 Å². The molecule has 0 bridgehead atoms. The standard InChI is InChI=1S/C15H19BrN2O3/c1-10(12-4-2-3-5-13(12)16)17-15(21)18-8-6-11(7-9-18)14(19)20/h2-5,10-11H,6-9H2,1H3,(H,17,21)(H,19,20). The van der Waals surface area contributed by atoms with Crippen LogP contribution in [0.5, 0.6) is 0 Å². The number of rotatable bonds is 3. The van der Waals surface area contributed by atoms with Crippen molar-refractivity contribution in [1.82, 2.24) is 10.2 Å². The van der Waals surface area contributed by atoms with Crippen molar-refractivity contribution in [1.29, 1.82) is 0 Å². The normalized spacial score (nSPS) is 17.3. The van der Waals surface area contributed by atoms with Gasteiger partial charge in [0.05, 0.1) is 12.0 Å². The van der Waals surface area contributed by atoms with Gasteiger partial charge in [0.15, 0.2) is 0 Å². The van der Waals surface area contributed by atoms with Gasteiger partial charge in [-0.2, -0.15) is 0 Å². The number of carboxylic acids is 1. The van der Waals surface area contributed by atoms with E-state index in [0.717, 1.165) is 10.0 Å². The van der Waals surface area contributed by atoms with Crippen molar-refractivity contribution in [3.63, 3.8) is 0 Å². The fraction of sp³-hybridized carbons (Fsp3) is 0.467. The molecular weight excluding hydrogens is 336 g/mol. The molecule has 1 aliphatic heterocycles. The average Bonchev–Trinajstić information content (AvgIpc) is 2.47. The number of halogens is 1. The summed E-state index contributed by atoms with van der Waals surface area (Å²) >= 11 is 3.48. The van der Waals surface area contributed by atoms with Gasteiger partial charge in [-0.3, -0.25) is 4.79 Å². The van der Waals surface area contributed by atoms with Gasteiger partial charge >= 0.3 is 12.0 Å². The Kier molecular flexibility index (Phi) is 5.22. The number of benzene rings is 1. The number of urea groups is 1. The van der Waals surface area contributed by atoms with Crippen LogP contribution in [0.1, 0.15) is 31.4 Å². The van der Waals surface area contributed by atoms with E-state index < -0.39 is 5.97 Å². The second kappa shape index (κ2) is 6.93. The summed E-state index contributed by atoms with van der Waals surface area (Å²) in [7, 11) is 0. The van der Waals surface area contributed by atoms with Crippen LogP contribution in [0.15, 0.2) is 28.7 Å². The van der Waals surface area contributed by atoms with Crippen LogP contribution < -0.4 is 5.32 Å². The van der Waals surface area contributed by atoms with E-state index in [1.54, 1.807) is 4.90 Å². The zero-order chi connectivity index (χ0) is 15.4. The lowest BCUT2D eigenvalue weighted by Crippen LogP contribution is -2.46. The van der Waals surface area contributed by atoms with E-state index >= 15 is 0 Å². The number of hydrogen-bond donors (Lipinski definition) is 2. The molecule has 5 nitrogen and oxygen atoms in total. The van der Waals surface area contributed by atoms with Gasteiger partial charge in [-0.25, -0.2) is 4.79 Å². The Morgan fingerprint density at radius 1 is 1.33 bits per heavy atom. The highest BCUT2D eigenvalue weighted by Gasteiger charge is 2.27. The fourth-order valence-electron chi connectivity index (χ4n) is 2.51. The number of carboxylic acid groups (broad SMARTS) is 1. The Balaban J connectivity index is 1.90. The topological polar surface area (TPSA) is 69.6 Å². The molecule has 1 heterocycles. The maximum Gasteiger partial charge on any atom is 0.317 e. The van der Waals surface area contributed by atoms with E-state index in [2.05, 4.69) is 21.2 Å². The van der Waals surface area contributed by atoms with Crippen LogP contribution in [0.25, 0.3) is 0 Å². The first kappa shape index (κ1) is 15.8. The third-order valence-corrected chi connectivity index (χ3v) is 4.57. The van der Waals surface area contributed by atoms with Crippen molar-refractivity contribution in [2.24, 2.45) is 5.92 Å². The van der Waals surface area contributed by atoms with Crippen LogP contribution >= 0.6 is 15.9 Å². The van der Waals surface area contributed by atoms with E-state index in [9.17, 15) is 9.59 Å². The summed E-state index contributed by atoms with van der Waals surface area (Å²) in [5.41, 5.74) is 1.02. The third kappa shape index (κ3) is 3.97. The highest BCUT2D eigenvalue weighted by atomic mass is 79.9. The fourth-order valence-corrected chi connectivity index (χ4v) is 3.14. The van der Waals surface area contributed by atoms with E-state index in [-0.39, 0.29) is 18.0 Å². The number of likely N-dealkylation sites (tertiary alicyclic amines) is 1. The summed E-state index contributed by atoms with van der Waals surface area (Å²) in [6.45, 7) is 2.92. The van der Waals surface area contributed by atoms with Crippen LogP contribution in [0, 0.1) is 5.92 Å². The van der Waals surface area contributed by atoms with Crippen LogP contribution in [0.3, 0.4) is 0 Å². The molecule has 1 unspecified atom stereocenters. The highest BCUT2D eigenvalue weighted by molar-refractivity contribution is 9.10. The van der Waals surface area contributed by atoms with Crippen molar-refractivity contribution < 1.29 is 14.7 Å². The average molecular weight is 355 g/mol. The van der Waals surface area contributed by atoms with Gasteiger partial charge in [0.1, 0.15) is 0 Å². The number of carbonyl (C=O) groups excluding carboxylic acids is 1. The zero-order valence-corrected chi connectivity index (χ0v) is 13.5. The smallest absolute Gasteiger partial charge is 0.317 e. The van der Waals surface area contributed by atoms with Crippen LogP contribution in [-0.4, -0.2) is 35.1 Å². The first-order chi connectivity index (χ1) is 9.99. The molecule has 0 aliphatic carbocycles. The van der Waals surface area contributed by atoms with Crippen molar-refractivity contribution in [2.75, 3.05) is 13.1 Å². The molecule has 0 radical (unpaired) electrons.